The number of nitrogens with two attached hydrogens (primary N) is 1. The van der Waals surface area contributed by atoms with Gasteiger partial charge in [0.25, 0.3) is 0 Å². The van der Waals surface area contributed by atoms with Crippen LogP contribution in [0.2, 0.25) is 0 Å². The zero-order chi connectivity index (χ0) is 14.0. The number of hydrogen-bond donors (Lipinski definition) is 3. The summed E-state index contributed by atoms with van der Waals surface area (Å²) in [6.45, 7) is 7.18. The first kappa shape index (κ1) is 14.3. The summed E-state index contributed by atoms with van der Waals surface area (Å²) >= 11 is 0. The van der Waals surface area contributed by atoms with Gasteiger partial charge in [-0.05, 0) is 31.0 Å². The molecule has 2 rings (SSSR count). The van der Waals surface area contributed by atoms with Gasteiger partial charge in [0.15, 0.2) is 0 Å². The minimum atomic E-state index is 0.205. The van der Waals surface area contributed by atoms with E-state index in [0.29, 0.717) is 24.4 Å². The van der Waals surface area contributed by atoms with Gasteiger partial charge >= 0.3 is 0 Å². The molecule has 0 saturated carbocycles. The molecule has 3 atom stereocenters. The standard InChI is InChI=1S/C15H25N3O/c1-9(2)11-5-6-12(14(7-11)19-4)15-13(8-16)10(3)17-18-15/h5-7,9-10,13,15,17-18H,8,16H2,1-4H3. The van der Waals surface area contributed by atoms with Crippen molar-refractivity contribution in [3.8, 4) is 5.75 Å². The fourth-order valence-corrected chi connectivity index (χ4v) is 2.72. The van der Waals surface area contributed by atoms with E-state index in [9.17, 15) is 0 Å². The summed E-state index contributed by atoms with van der Waals surface area (Å²) in [7, 11) is 1.73. The van der Waals surface area contributed by atoms with E-state index in [-0.39, 0.29) is 6.04 Å². The lowest BCUT2D eigenvalue weighted by molar-refractivity contribution is 0.385. The molecule has 1 saturated heterocycles. The van der Waals surface area contributed by atoms with Gasteiger partial charge in [-0.2, -0.15) is 0 Å². The minimum absolute atomic E-state index is 0.205. The summed E-state index contributed by atoms with van der Waals surface area (Å²) in [5.41, 5.74) is 15.0. The van der Waals surface area contributed by atoms with Crippen molar-refractivity contribution in [1.29, 1.82) is 0 Å². The van der Waals surface area contributed by atoms with Crippen LogP contribution in [0.4, 0.5) is 0 Å². The maximum atomic E-state index is 5.90. The normalized spacial score (nSPS) is 26.9. The van der Waals surface area contributed by atoms with Crippen molar-refractivity contribution in [1.82, 2.24) is 10.9 Å². The first-order valence-electron chi connectivity index (χ1n) is 6.97. The van der Waals surface area contributed by atoms with Gasteiger partial charge in [-0.25, -0.2) is 5.43 Å². The summed E-state index contributed by atoms with van der Waals surface area (Å²) in [6, 6.07) is 7.05. The van der Waals surface area contributed by atoms with Crippen molar-refractivity contribution in [3.05, 3.63) is 29.3 Å². The zero-order valence-corrected chi connectivity index (χ0v) is 12.2. The summed E-state index contributed by atoms with van der Waals surface area (Å²) in [5.74, 6) is 1.82. The lowest BCUT2D eigenvalue weighted by Crippen LogP contribution is -2.30. The van der Waals surface area contributed by atoms with Gasteiger partial charge in [0, 0.05) is 17.5 Å². The first-order valence-corrected chi connectivity index (χ1v) is 6.97. The molecule has 1 aliphatic rings. The lowest BCUT2D eigenvalue weighted by atomic mass is 9.88. The monoisotopic (exact) mass is 263 g/mol. The molecule has 3 unspecified atom stereocenters. The van der Waals surface area contributed by atoms with Crippen LogP contribution in [0, 0.1) is 5.92 Å². The Bertz CT molecular complexity index is 433. The second kappa shape index (κ2) is 5.90. The molecule has 0 aromatic heterocycles. The fourth-order valence-electron chi connectivity index (χ4n) is 2.72. The van der Waals surface area contributed by atoms with Gasteiger partial charge in [-0.15, -0.1) is 0 Å². The van der Waals surface area contributed by atoms with Gasteiger partial charge in [-0.1, -0.05) is 26.0 Å². The van der Waals surface area contributed by atoms with E-state index < -0.39 is 0 Å². The van der Waals surface area contributed by atoms with E-state index in [0.717, 1.165) is 5.75 Å². The average Bonchev–Trinajstić information content (AvgIpc) is 2.78. The molecular formula is C15H25N3O. The van der Waals surface area contributed by atoms with E-state index in [1.165, 1.54) is 11.1 Å². The average molecular weight is 263 g/mol. The largest absolute Gasteiger partial charge is 0.496 e. The third kappa shape index (κ3) is 2.76. The fraction of sp³-hybridized carbons (Fsp3) is 0.600. The Kier molecular flexibility index (Phi) is 4.45. The molecule has 4 heteroatoms. The molecule has 0 bridgehead atoms. The number of methoxy groups -OCH3 is 1. The number of benzene rings is 1. The van der Waals surface area contributed by atoms with E-state index in [2.05, 4.69) is 49.8 Å². The molecule has 1 aromatic rings. The molecule has 1 aromatic carbocycles. The summed E-state index contributed by atoms with van der Waals surface area (Å²) < 4.78 is 5.57. The first-order chi connectivity index (χ1) is 9.08. The second-order valence-electron chi connectivity index (χ2n) is 5.61. The Hall–Kier alpha value is -1.10. The molecule has 106 valence electrons. The van der Waals surface area contributed by atoms with Crippen molar-refractivity contribution >= 4 is 0 Å². The van der Waals surface area contributed by atoms with Gasteiger partial charge in [0.2, 0.25) is 0 Å². The smallest absolute Gasteiger partial charge is 0.123 e. The highest BCUT2D eigenvalue weighted by Gasteiger charge is 2.34. The van der Waals surface area contributed by atoms with Crippen LogP contribution in [0.1, 0.15) is 43.9 Å². The molecule has 4 N–H and O–H groups in total. The van der Waals surface area contributed by atoms with Crippen LogP contribution in [0.3, 0.4) is 0 Å². The molecule has 0 radical (unpaired) electrons. The van der Waals surface area contributed by atoms with Crippen LogP contribution in [-0.4, -0.2) is 19.7 Å². The predicted octanol–water partition coefficient (Wildman–Crippen LogP) is 1.93. The number of ether oxygens (including phenoxy) is 1. The van der Waals surface area contributed by atoms with Crippen molar-refractivity contribution in [2.75, 3.05) is 13.7 Å². The number of nitrogens with one attached hydrogen (secondary N) is 2. The molecule has 0 aliphatic carbocycles. The Morgan fingerprint density at radius 3 is 2.63 bits per heavy atom. The molecule has 0 amide bonds. The van der Waals surface area contributed by atoms with E-state index in [1.807, 2.05) is 0 Å². The van der Waals surface area contributed by atoms with Crippen LogP contribution < -0.4 is 21.3 Å². The predicted molar refractivity (Wildman–Crippen MR) is 78.1 cm³/mol. The van der Waals surface area contributed by atoms with Crippen LogP contribution in [0.25, 0.3) is 0 Å². The quantitative estimate of drug-likeness (QED) is 0.777. The highest BCUT2D eigenvalue weighted by Crippen LogP contribution is 2.35. The van der Waals surface area contributed by atoms with Gasteiger partial charge < -0.3 is 10.5 Å². The van der Waals surface area contributed by atoms with E-state index in [4.69, 9.17) is 10.5 Å². The van der Waals surface area contributed by atoms with Crippen molar-refractivity contribution in [3.63, 3.8) is 0 Å². The number of rotatable bonds is 4. The SMILES string of the molecule is COc1cc(C(C)C)ccc1C1NNC(C)C1CN. The molecule has 1 heterocycles. The summed E-state index contributed by atoms with van der Waals surface area (Å²) in [6.07, 6.45) is 0. The second-order valence-corrected chi connectivity index (χ2v) is 5.61. The highest BCUT2D eigenvalue weighted by atomic mass is 16.5. The Balaban J connectivity index is 2.34. The van der Waals surface area contributed by atoms with E-state index >= 15 is 0 Å². The molecule has 4 nitrogen and oxygen atoms in total. The van der Waals surface area contributed by atoms with Crippen molar-refractivity contribution < 1.29 is 4.74 Å². The summed E-state index contributed by atoms with van der Waals surface area (Å²) in [5, 5.41) is 0. The molecule has 1 fully saturated rings. The van der Waals surface area contributed by atoms with Gasteiger partial charge in [-0.3, -0.25) is 5.43 Å². The highest BCUT2D eigenvalue weighted by molar-refractivity contribution is 5.41. The number of hydrazine groups is 1. The molecule has 1 aliphatic heterocycles. The Labute approximate surface area is 115 Å². The van der Waals surface area contributed by atoms with Gasteiger partial charge in [0.1, 0.15) is 5.75 Å². The topological polar surface area (TPSA) is 59.3 Å². The third-order valence-corrected chi connectivity index (χ3v) is 4.07. The van der Waals surface area contributed by atoms with Crippen LogP contribution >= 0.6 is 0 Å². The lowest BCUT2D eigenvalue weighted by Gasteiger charge is -2.22. The molecular weight excluding hydrogens is 238 g/mol. The Morgan fingerprint density at radius 2 is 2.05 bits per heavy atom. The van der Waals surface area contributed by atoms with Crippen molar-refractivity contribution in [2.45, 2.75) is 38.8 Å². The molecule has 0 spiro atoms. The van der Waals surface area contributed by atoms with Crippen LogP contribution in [0.5, 0.6) is 5.75 Å². The van der Waals surface area contributed by atoms with E-state index in [1.54, 1.807) is 7.11 Å². The number of hydrogen-bond acceptors (Lipinski definition) is 4. The third-order valence-electron chi connectivity index (χ3n) is 4.07. The van der Waals surface area contributed by atoms with Crippen LogP contribution in [-0.2, 0) is 0 Å². The maximum Gasteiger partial charge on any atom is 0.123 e. The van der Waals surface area contributed by atoms with Crippen LogP contribution in [0.15, 0.2) is 18.2 Å². The van der Waals surface area contributed by atoms with Crippen molar-refractivity contribution in [2.24, 2.45) is 11.7 Å². The van der Waals surface area contributed by atoms with Gasteiger partial charge in [0.05, 0.1) is 13.2 Å². The minimum Gasteiger partial charge on any atom is -0.496 e. The zero-order valence-electron chi connectivity index (χ0n) is 12.2. The summed E-state index contributed by atoms with van der Waals surface area (Å²) in [4.78, 5) is 0. The maximum absolute atomic E-state index is 5.90. The molecule has 19 heavy (non-hydrogen) atoms. The Morgan fingerprint density at radius 1 is 1.32 bits per heavy atom.